The number of alkyl halides is 1. The zero-order chi connectivity index (χ0) is 16.5. The molecule has 2 aromatic carbocycles. The third kappa shape index (κ3) is 5.11. The normalized spacial score (nSPS) is 11.9. The van der Waals surface area contributed by atoms with Gasteiger partial charge in [0.1, 0.15) is 5.75 Å². The predicted octanol–water partition coefficient (Wildman–Crippen LogP) is 5.46. The molecule has 3 heteroatoms. The molecule has 0 amide bonds. The summed E-state index contributed by atoms with van der Waals surface area (Å²) in [5.74, 6) is 1.53. The zero-order valence-electron chi connectivity index (χ0n) is 13.5. The standard InChI is InChI=1S/C20H23ClO2/c1-2-19(16-8-4-3-5-9-16)20(22)17-10-12-18(13-11-17)23-15-7-6-14-21/h3-5,8-13,19H,2,6-7,14-15H2,1H3/t19-/m1/s1. The van der Waals surface area contributed by atoms with Crippen molar-refractivity contribution >= 4 is 17.4 Å². The highest BCUT2D eigenvalue weighted by molar-refractivity contribution is 6.17. The van der Waals surface area contributed by atoms with Crippen LogP contribution in [0.25, 0.3) is 0 Å². The van der Waals surface area contributed by atoms with Crippen LogP contribution in [0.15, 0.2) is 54.6 Å². The first-order valence-corrected chi connectivity index (χ1v) is 8.67. The van der Waals surface area contributed by atoms with Gasteiger partial charge in [0.05, 0.1) is 6.61 Å². The van der Waals surface area contributed by atoms with Gasteiger partial charge < -0.3 is 4.74 Å². The molecular weight excluding hydrogens is 308 g/mol. The number of ketones is 1. The van der Waals surface area contributed by atoms with Gasteiger partial charge in [-0.25, -0.2) is 0 Å². The molecule has 0 saturated heterocycles. The van der Waals surface area contributed by atoms with E-state index in [1.807, 2.05) is 61.5 Å². The maximum atomic E-state index is 12.7. The van der Waals surface area contributed by atoms with Crippen molar-refractivity contribution in [2.75, 3.05) is 12.5 Å². The number of benzene rings is 2. The Morgan fingerprint density at radius 1 is 1.04 bits per heavy atom. The van der Waals surface area contributed by atoms with Crippen molar-refractivity contribution in [2.45, 2.75) is 32.1 Å². The highest BCUT2D eigenvalue weighted by atomic mass is 35.5. The molecule has 0 bridgehead atoms. The molecule has 2 aromatic rings. The van der Waals surface area contributed by atoms with Gasteiger partial charge in [-0.2, -0.15) is 0 Å². The Bertz CT molecular complexity index is 593. The molecule has 23 heavy (non-hydrogen) atoms. The van der Waals surface area contributed by atoms with Crippen molar-refractivity contribution in [3.63, 3.8) is 0 Å². The molecule has 0 aliphatic carbocycles. The Hall–Kier alpha value is -1.80. The van der Waals surface area contributed by atoms with Gasteiger partial charge in [0, 0.05) is 17.4 Å². The summed E-state index contributed by atoms with van der Waals surface area (Å²) in [7, 11) is 0. The topological polar surface area (TPSA) is 26.3 Å². The van der Waals surface area contributed by atoms with Crippen LogP contribution in [0.3, 0.4) is 0 Å². The summed E-state index contributed by atoms with van der Waals surface area (Å²) in [6, 6.07) is 17.4. The Morgan fingerprint density at radius 2 is 1.74 bits per heavy atom. The number of carbonyl (C=O) groups excluding carboxylic acids is 1. The van der Waals surface area contributed by atoms with Crippen molar-refractivity contribution in [2.24, 2.45) is 0 Å². The second-order valence-electron chi connectivity index (χ2n) is 5.50. The zero-order valence-corrected chi connectivity index (χ0v) is 14.3. The van der Waals surface area contributed by atoms with Crippen molar-refractivity contribution in [3.8, 4) is 5.75 Å². The molecule has 2 nitrogen and oxygen atoms in total. The molecule has 0 saturated carbocycles. The Morgan fingerprint density at radius 3 is 2.35 bits per heavy atom. The lowest BCUT2D eigenvalue weighted by Crippen LogP contribution is -2.12. The fourth-order valence-electron chi connectivity index (χ4n) is 2.56. The summed E-state index contributed by atoms with van der Waals surface area (Å²) < 4.78 is 5.64. The fourth-order valence-corrected chi connectivity index (χ4v) is 2.75. The lowest BCUT2D eigenvalue weighted by atomic mass is 9.89. The first kappa shape index (κ1) is 17.6. The third-order valence-electron chi connectivity index (χ3n) is 3.86. The van der Waals surface area contributed by atoms with E-state index in [0.717, 1.165) is 36.1 Å². The third-order valence-corrected chi connectivity index (χ3v) is 4.13. The van der Waals surface area contributed by atoms with Gasteiger partial charge in [0.2, 0.25) is 0 Å². The quantitative estimate of drug-likeness (QED) is 0.346. The van der Waals surface area contributed by atoms with E-state index in [1.54, 1.807) is 0 Å². The monoisotopic (exact) mass is 330 g/mol. The largest absolute Gasteiger partial charge is 0.494 e. The van der Waals surface area contributed by atoms with Gasteiger partial charge in [0.25, 0.3) is 0 Å². The number of rotatable bonds is 9. The highest BCUT2D eigenvalue weighted by Crippen LogP contribution is 2.25. The lowest BCUT2D eigenvalue weighted by Gasteiger charge is -2.14. The van der Waals surface area contributed by atoms with Crippen molar-refractivity contribution in [1.29, 1.82) is 0 Å². The number of Topliss-reactive ketones (excluding diaryl/α,β-unsaturated/α-hetero) is 1. The van der Waals surface area contributed by atoms with Crippen molar-refractivity contribution in [1.82, 2.24) is 0 Å². The fraction of sp³-hybridized carbons (Fsp3) is 0.350. The van der Waals surface area contributed by atoms with E-state index >= 15 is 0 Å². The summed E-state index contributed by atoms with van der Waals surface area (Å²) in [4.78, 5) is 12.7. The second kappa shape index (κ2) is 9.36. The maximum absolute atomic E-state index is 12.7. The van der Waals surface area contributed by atoms with Gasteiger partial charge >= 0.3 is 0 Å². The Balaban J connectivity index is 2.01. The lowest BCUT2D eigenvalue weighted by molar-refractivity contribution is 0.0957. The Kier molecular flexibility index (Phi) is 7.15. The van der Waals surface area contributed by atoms with Crippen LogP contribution in [0, 0.1) is 0 Å². The molecule has 0 spiro atoms. The highest BCUT2D eigenvalue weighted by Gasteiger charge is 2.19. The van der Waals surface area contributed by atoms with E-state index in [-0.39, 0.29) is 11.7 Å². The molecule has 2 rings (SSSR count). The summed E-state index contributed by atoms with van der Waals surface area (Å²) >= 11 is 5.64. The molecule has 0 radical (unpaired) electrons. The van der Waals surface area contributed by atoms with E-state index in [2.05, 4.69) is 0 Å². The van der Waals surface area contributed by atoms with E-state index < -0.39 is 0 Å². The minimum Gasteiger partial charge on any atom is -0.494 e. The van der Waals surface area contributed by atoms with Crippen LogP contribution in [0.5, 0.6) is 5.75 Å². The van der Waals surface area contributed by atoms with E-state index in [0.29, 0.717) is 12.5 Å². The van der Waals surface area contributed by atoms with Crippen LogP contribution in [-0.2, 0) is 0 Å². The van der Waals surface area contributed by atoms with Gasteiger partial charge in [-0.05, 0) is 49.1 Å². The Labute approximate surface area is 143 Å². The van der Waals surface area contributed by atoms with E-state index in [4.69, 9.17) is 16.3 Å². The van der Waals surface area contributed by atoms with E-state index in [1.165, 1.54) is 0 Å². The summed E-state index contributed by atoms with van der Waals surface area (Å²) in [6.45, 7) is 2.70. The molecular formula is C20H23ClO2. The van der Waals surface area contributed by atoms with Gasteiger partial charge in [-0.15, -0.1) is 11.6 Å². The maximum Gasteiger partial charge on any atom is 0.170 e. The van der Waals surface area contributed by atoms with Crippen LogP contribution in [0.2, 0.25) is 0 Å². The average molecular weight is 331 g/mol. The van der Waals surface area contributed by atoms with Crippen LogP contribution < -0.4 is 4.74 Å². The molecule has 0 heterocycles. The number of halogens is 1. The minimum atomic E-state index is -0.0910. The van der Waals surface area contributed by atoms with Crippen LogP contribution in [-0.4, -0.2) is 18.3 Å². The van der Waals surface area contributed by atoms with Crippen LogP contribution in [0.4, 0.5) is 0 Å². The molecule has 0 aliphatic heterocycles. The summed E-state index contributed by atoms with van der Waals surface area (Å²) in [5, 5.41) is 0. The number of ether oxygens (including phenoxy) is 1. The van der Waals surface area contributed by atoms with E-state index in [9.17, 15) is 4.79 Å². The summed E-state index contributed by atoms with van der Waals surface area (Å²) in [5.41, 5.74) is 1.80. The molecule has 0 fully saturated rings. The predicted molar refractivity (Wildman–Crippen MR) is 95.7 cm³/mol. The molecule has 0 aromatic heterocycles. The molecule has 0 aliphatic rings. The number of hydrogen-bond acceptors (Lipinski definition) is 2. The second-order valence-corrected chi connectivity index (χ2v) is 5.88. The van der Waals surface area contributed by atoms with Crippen molar-refractivity contribution < 1.29 is 9.53 Å². The average Bonchev–Trinajstić information content (AvgIpc) is 2.61. The SMILES string of the molecule is CC[C@@H](C(=O)c1ccc(OCCCCCl)cc1)c1ccccc1. The molecule has 0 N–H and O–H groups in total. The molecule has 0 unspecified atom stereocenters. The summed E-state index contributed by atoms with van der Waals surface area (Å²) in [6.07, 6.45) is 2.68. The molecule has 1 atom stereocenters. The van der Waals surface area contributed by atoms with Gasteiger partial charge in [0.15, 0.2) is 5.78 Å². The number of hydrogen-bond donors (Lipinski definition) is 0. The smallest absolute Gasteiger partial charge is 0.170 e. The molecule has 122 valence electrons. The minimum absolute atomic E-state index is 0.0910. The van der Waals surface area contributed by atoms with Crippen molar-refractivity contribution in [3.05, 3.63) is 65.7 Å². The first-order valence-electron chi connectivity index (χ1n) is 8.14. The van der Waals surface area contributed by atoms with Crippen LogP contribution in [0.1, 0.15) is 48.0 Å². The first-order chi connectivity index (χ1) is 11.3. The van der Waals surface area contributed by atoms with Gasteiger partial charge in [-0.3, -0.25) is 4.79 Å². The van der Waals surface area contributed by atoms with Crippen LogP contribution >= 0.6 is 11.6 Å². The van der Waals surface area contributed by atoms with Gasteiger partial charge in [-0.1, -0.05) is 37.3 Å². The number of carbonyl (C=O) groups is 1. The number of unbranched alkanes of at least 4 members (excludes halogenated alkanes) is 1.